The van der Waals surface area contributed by atoms with Crippen LogP contribution in [0, 0.1) is 21.4 Å². The third-order valence-corrected chi connectivity index (χ3v) is 3.55. The molecule has 0 aromatic carbocycles. The van der Waals surface area contributed by atoms with Gasteiger partial charge in [0.1, 0.15) is 11.1 Å². The molecular formula is C11H9N5O3S. The van der Waals surface area contributed by atoms with Crippen molar-refractivity contribution in [3.63, 3.8) is 0 Å². The lowest BCUT2D eigenvalue weighted by Crippen LogP contribution is -1.99. The van der Waals surface area contributed by atoms with Gasteiger partial charge < -0.3 is 9.67 Å². The number of aromatic nitrogens is 3. The molecule has 0 amide bonds. The molecule has 0 fully saturated rings. The van der Waals surface area contributed by atoms with Crippen LogP contribution in [0.2, 0.25) is 0 Å². The van der Waals surface area contributed by atoms with Gasteiger partial charge in [0.2, 0.25) is 5.69 Å². The number of hydrogen-bond donors (Lipinski definition) is 1. The summed E-state index contributed by atoms with van der Waals surface area (Å²) in [5.41, 5.74) is 0.0687. The predicted molar refractivity (Wildman–Crippen MR) is 68.9 cm³/mol. The van der Waals surface area contributed by atoms with Gasteiger partial charge in [-0.2, -0.15) is 5.26 Å². The molecule has 2 heterocycles. The zero-order chi connectivity index (χ0) is 14.7. The normalized spacial score (nSPS) is 10.2. The Hall–Kier alpha value is -2.44. The minimum atomic E-state index is -0.648. The van der Waals surface area contributed by atoms with Crippen molar-refractivity contribution in [1.82, 2.24) is 14.5 Å². The molecule has 8 nitrogen and oxygen atoms in total. The maximum atomic E-state index is 10.7. The molecule has 0 spiro atoms. The van der Waals surface area contributed by atoms with Crippen LogP contribution in [0.3, 0.4) is 0 Å². The van der Waals surface area contributed by atoms with Gasteiger partial charge >= 0.3 is 5.69 Å². The van der Waals surface area contributed by atoms with Crippen molar-refractivity contribution in [2.75, 3.05) is 0 Å². The van der Waals surface area contributed by atoms with Crippen LogP contribution in [0.15, 0.2) is 28.5 Å². The van der Waals surface area contributed by atoms with Gasteiger partial charge in [-0.15, -0.1) is 0 Å². The van der Waals surface area contributed by atoms with E-state index >= 15 is 0 Å². The zero-order valence-electron chi connectivity index (χ0n) is 10.3. The molecule has 0 radical (unpaired) electrons. The third kappa shape index (κ3) is 2.61. The largest absolute Gasteiger partial charge is 0.390 e. The van der Waals surface area contributed by atoms with Crippen LogP contribution < -0.4 is 0 Å². The monoisotopic (exact) mass is 291 g/mol. The maximum Gasteiger partial charge on any atom is 0.305 e. The number of imidazole rings is 1. The Balaban J connectivity index is 2.33. The first-order valence-corrected chi connectivity index (χ1v) is 6.23. The fourth-order valence-electron chi connectivity index (χ4n) is 1.48. The topological polar surface area (TPSA) is 118 Å². The number of pyridine rings is 1. The van der Waals surface area contributed by atoms with Crippen LogP contribution in [0.25, 0.3) is 0 Å². The summed E-state index contributed by atoms with van der Waals surface area (Å²) in [5, 5.41) is 29.6. The second-order valence-corrected chi connectivity index (χ2v) is 4.72. The number of rotatable bonds is 4. The fraction of sp³-hybridized carbons (Fsp3) is 0.182. The third-order valence-electron chi connectivity index (χ3n) is 2.55. The maximum absolute atomic E-state index is 10.7. The van der Waals surface area contributed by atoms with Crippen molar-refractivity contribution in [3.05, 3.63) is 39.8 Å². The quantitative estimate of drug-likeness (QED) is 0.665. The van der Waals surface area contributed by atoms with Gasteiger partial charge in [0.25, 0.3) is 0 Å². The Bertz CT molecular complexity index is 707. The molecule has 2 rings (SSSR count). The average molecular weight is 291 g/mol. The number of nitro groups is 1. The van der Waals surface area contributed by atoms with Crippen LogP contribution in [-0.4, -0.2) is 24.6 Å². The molecule has 20 heavy (non-hydrogen) atoms. The summed E-state index contributed by atoms with van der Waals surface area (Å²) in [6.45, 7) is -0.138. The minimum absolute atomic E-state index is 0.138. The van der Waals surface area contributed by atoms with Gasteiger partial charge in [0, 0.05) is 13.1 Å². The summed E-state index contributed by atoms with van der Waals surface area (Å²) in [5.74, 6) is 0. The molecule has 1 N–H and O–H groups in total. The van der Waals surface area contributed by atoms with E-state index < -0.39 is 4.92 Å². The standard InChI is InChI=1S/C11H9N5O3S/c1-15-7(6-17)5-13-11(15)20-10-3-2-9(16(18)19)8(4-12)14-10/h2-3,5,17H,6H2,1H3. The van der Waals surface area contributed by atoms with Crippen molar-refractivity contribution in [1.29, 1.82) is 5.26 Å². The minimum Gasteiger partial charge on any atom is -0.390 e. The number of aliphatic hydroxyl groups is 1. The van der Waals surface area contributed by atoms with Gasteiger partial charge in [-0.25, -0.2) is 9.97 Å². The Morgan fingerprint density at radius 3 is 2.90 bits per heavy atom. The summed E-state index contributed by atoms with van der Waals surface area (Å²) in [6.07, 6.45) is 1.53. The van der Waals surface area contributed by atoms with E-state index in [2.05, 4.69) is 9.97 Å². The van der Waals surface area contributed by atoms with Gasteiger partial charge in [-0.1, -0.05) is 0 Å². The second-order valence-electron chi connectivity index (χ2n) is 3.74. The van der Waals surface area contributed by atoms with Crippen LogP contribution in [0.5, 0.6) is 0 Å². The van der Waals surface area contributed by atoms with E-state index in [1.54, 1.807) is 17.7 Å². The van der Waals surface area contributed by atoms with Crippen LogP contribution in [0.1, 0.15) is 11.4 Å². The fourth-order valence-corrected chi connectivity index (χ4v) is 2.30. The second kappa shape index (κ2) is 5.68. The molecule has 0 bridgehead atoms. The molecule has 0 atom stereocenters. The lowest BCUT2D eigenvalue weighted by atomic mass is 10.3. The van der Waals surface area contributed by atoms with Crippen molar-refractivity contribution in [2.24, 2.45) is 7.05 Å². The van der Waals surface area contributed by atoms with E-state index in [0.29, 0.717) is 15.9 Å². The highest BCUT2D eigenvalue weighted by Gasteiger charge is 2.17. The molecule has 2 aromatic rings. The molecule has 9 heteroatoms. The van der Waals surface area contributed by atoms with Crippen molar-refractivity contribution >= 4 is 17.4 Å². The molecule has 0 saturated carbocycles. The van der Waals surface area contributed by atoms with Gasteiger partial charge in [-0.3, -0.25) is 10.1 Å². The Labute approximate surface area is 117 Å². The van der Waals surface area contributed by atoms with Crippen molar-refractivity contribution in [3.8, 4) is 6.07 Å². The predicted octanol–water partition coefficient (Wildman–Crippen LogP) is 1.24. The van der Waals surface area contributed by atoms with Gasteiger partial charge in [0.15, 0.2) is 5.16 Å². The smallest absolute Gasteiger partial charge is 0.305 e. The first-order chi connectivity index (χ1) is 9.56. The highest BCUT2D eigenvalue weighted by molar-refractivity contribution is 7.99. The number of hydrogen-bond acceptors (Lipinski definition) is 7. The highest BCUT2D eigenvalue weighted by Crippen LogP contribution is 2.27. The van der Waals surface area contributed by atoms with Crippen molar-refractivity contribution < 1.29 is 10.0 Å². The summed E-state index contributed by atoms with van der Waals surface area (Å²) < 4.78 is 1.68. The lowest BCUT2D eigenvalue weighted by molar-refractivity contribution is -0.385. The van der Waals surface area contributed by atoms with Crippen LogP contribution in [-0.2, 0) is 13.7 Å². The van der Waals surface area contributed by atoms with Crippen LogP contribution >= 0.6 is 11.8 Å². The summed E-state index contributed by atoms with van der Waals surface area (Å²) in [7, 11) is 1.73. The summed E-state index contributed by atoms with van der Waals surface area (Å²) >= 11 is 1.16. The highest BCUT2D eigenvalue weighted by atomic mass is 32.2. The van der Waals surface area contributed by atoms with Gasteiger partial charge in [-0.05, 0) is 17.8 Å². The van der Waals surface area contributed by atoms with Gasteiger partial charge in [0.05, 0.1) is 23.4 Å². The summed E-state index contributed by atoms with van der Waals surface area (Å²) in [6, 6.07) is 4.40. The lowest BCUT2D eigenvalue weighted by Gasteiger charge is -2.03. The molecular weight excluding hydrogens is 282 g/mol. The van der Waals surface area contributed by atoms with Crippen molar-refractivity contribution in [2.45, 2.75) is 16.8 Å². The number of nitriles is 1. The first-order valence-electron chi connectivity index (χ1n) is 5.41. The molecule has 0 saturated heterocycles. The molecule has 102 valence electrons. The molecule has 0 aliphatic rings. The number of aliphatic hydroxyl groups excluding tert-OH is 1. The zero-order valence-corrected chi connectivity index (χ0v) is 11.2. The molecule has 0 unspecified atom stereocenters. The Morgan fingerprint density at radius 2 is 2.35 bits per heavy atom. The molecule has 2 aromatic heterocycles. The summed E-state index contributed by atoms with van der Waals surface area (Å²) in [4.78, 5) is 18.1. The van der Waals surface area contributed by atoms with E-state index in [1.165, 1.54) is 18.3 Å². The average Bonchev–Trinajstić information content (AvgIpc) is 2.79. The Morgan fingerprint density at radius 1 is 1.60 bits per heavy atom. The molecule has 0 aliphatic carbocycles. The van der Waals surface area contributed by atoms with E-state index in [0.717, 1.165) is 11.8 Å². The van der Waals surface area contributed by atoms with E-state index in [4.69, 9.17) is 10.4 Å². The molecule has 0 aliphatic heterocycles. The van der Waals surface area contributed by atoms with E-state index in [-0.39, 0.29) is 18.0 Å². The van der Waals surface area contributed by atoms with E-state index in [1.807, 2.05) is 0 Å². The number of nitrogens with zero attached hydrogens (tertiary/aromatic N) is 5. The SMILES string of the molecule is Cn1c(CO)cnc1Sc1ccc([N+](=O)[O-])c(C#N)n1. The first kappa shape index (κ1) is 14.0. The Kier molecular flexibility index (Phi) is 3.97. The van der Waals surface area contributed by atoms with E-state index in [9.17, 15) is 10.1 Å². The van der Waals surface area contributed by atoms with Crippen LogP contribution in [0.4, 0.5) is 5.69 Å².